The molecule has 0 spiro atoms. The first kappa shape index (κ1) is 17.5. The summed E-state index contributed by atoms with van der Waals surface area (Å²) in [7, 11) is 0. The van der Waals surface area contributed by atoms with Gasteiger partial charge in [0.25, 0.3) is 0 Å². The summed E-state index contributed by atoms with van der Waals surface area (Å²) in [5.41, 5.74) is 2.45. The van der Waals surface area contributed by atoms with Crippen molar-refractivity contribution in [3.05, 3.63) is 83.9 Å². The van der Waals surface area contributed by atoms with Crippen LogP contribution in [-0.4, -0.2) is 24.7 Å². The minimum Gasteiger partial charge on any atom is -0.439 e. The number of benzene rings is 2. The van der Waals surface area contributed by atoms with Gasteiger partial charge in [0.15, 0.2) is 11.6 Å². The summed E-state index contributed by atoms with van der Waals surface area (Å²) in [5.74, 6) is 1.12. The average molecular weight is 406 g/mol. The van der Waals surface area contributed by atoms with Gasteiger partial charge in [-0.25, -0.2) is 19.3 Å². The zero-order valence-electron chi connectivity index (χ0n) is 15.0. The Kier molecular flexibility index (Phi) is 4.29. The van der Waals surface area contributed by atoms with Gasteiger partial charge in [-0.3, -0.25) is 4.68 Å². The van der Waals surface area contributed by atoms with Crippen LogP contribution in [0, 0.1) is 5.82 Å². The molecule has 0 unspecified atom stereocenters. The van der Waals surface area contributed by atoms with Crippen LogP contribution in [0.1, 0.15) is 5.89 Å². The van der Waals surface area contributed by atoms with E-state index < -0.39 is 0 Å². The molecule has 0 amide bonds. The molecule has 2 aliphatic heterocycles. The molecule has 2 aliphatic rings. The molecule has 0 saturated carbocycles. The third-order valence-corrected chi connectivity index (χ3v) is 4.66. The molecule has 5 rings (SSSR count). The number of oxazole rings is 1. The predicted octanol–water partition coefficient (Wildman–Crippen LogP) is 4.94. The molecule has 3 heterocycles. The molecule has 1 aromatic heterocycles. The van der Waals surface area contributed by atoms with E-state index in [-0.39, 0.29) is 5.82 Å². The van der Waals surface area contributed by atoms with Gasteiger partial charge >= 0.3 is 0 Å². The largest absolute Gasteiger partial charge is 0.439 e. The van der Waals surface area contributed by atoms with E-state index in [2.05, 4.69) is 20.1 Å². The van der Waals surface area contributed by atoms with Crippen molar-refractivity contribution in [1.29, 1.82) is 0 Å². The quantitative estimate of drug-likeness (QED) is 0.423. The van der Waals surface area contributed by atoms with Gasteiger partial charge in [0.1, 0.15) is 23.7 Å². The lowest BCUT2D eigenvalue weighted by Gasteiger charge is -2.03. The molecule has 0 N–H and O–H groups in total. The van der Waals surface area contributed by atoms with Crippen LogP contribution >= 0.6 is 11.6 Å². The molecule has 142 valence electrons. The number of hydrogen-bond acceptors (Lipinski definition) is 5. The van der Waals surface area contributed by atoms with Crippen LogP contribution in [0.4, 0.5) is 4.39 Å². The highest BCUT2D eigenvalue weighted by atomic mass is 35.5. The molecule has 0 atom stereocenters. The minimum absolute atomic E-state index is 0.325. The molecule has 8 heteroatoms. The Morgan fingerprint density at radius 3 is 2.59 bits per heavy atom. The Morgan fingerprint density at radius 2 is 1.76 bits per heavy atom. The molecule has 0 fully saturated rings. The number of aromatic nitrogens is 5. The van der Waals surface area contributed by atoms with E-state index in [1.54, 1.807) is 53.6 Å². The van der Waals surface area contributed by atoms with Gasteiger partial charge < -0.3 is 4.42 Å². The van der Waals surface area contributed by atoms with Gasteiger partial charge in [0.2, 0.25) is 5.89 Å². The second kappa shape index (κ2) is 7.10. The molecular formula is C21H13ClFN5O. The van der Waals surface area contributed by atoms with Gasteiger partial charge in [-0.05, 0) is 36.4 Å². The summed E-state index contributed by atoms with van der Waals surface area (Å²) in [6.07, 6.45) is 4.99. The third kappa shape index (κ3) is 3.48. The van der Waals surface area contributed by atoms with E-state index in [9.17, 15) is 4.39 Å². The fourth-order valence-electron chi connectivity index (χ4n) is 2.98. The molecule has 3 aromatic rings. The maximum absolute atomic E-state index is 14.0. The van der Waals surface area contributed by atoms with Crippen LogP contribution in [0.25, 0.3) is 34.1 Å². The Bertz CT molecular complexity index is 1260. The summed E-state index contributed by atoms with van der Waals surface area (Å²) >= 11 is 5.92. The first-order chi connectivity index (χ1) is 14.2. The van der Waals surface area contributed by atoms with E-state index >= 15 is 0 Å². The second-order valence-corrected chi connectivity index (χ2v) is 6.83. The minimum atomic E-state index is -0.363. The van der Waals surface area contributed by atoms with Crippen molar-refractivity contribution in [1.82, 2.24) is 24.7 Å². The number of hydrogen-bond donors (Lipinski definition) is 0. The van der Waals surface area contributed by atoms with Crippen molar-refractivity contribution in [2.75, 3.05) is 0 Å². The van der Waals surface area contributed by atoms with E-state index in [1.807, 2.05) is 12.1 Å². The van der Waals surface area contributed by atoms with Crippen molar-refractivity contribution < 1.29 is 8.81 Å². The molecule has 0 radical (unpaired) electrons. The summed E-state index contributed by atoms with van der Waals surface area (Å²) in [5, 5.41) is 4.99. The summed E-state index contributed by atoms with van der Waals surface area (Å²) in [6.45, 7) is 0.325. The number of halogens is 2. The topological polar surface area (TPSA) is 69.6 Å². The monoisotopic (exact) mass is 405 g/mol. The normalized spacial score (nSPS) is 11.2. The van der Waals surface area contributed by atoms with Crippen molar-refractivity contribution in [2.24, 2.45) is 0 Å². The van der Waals surface area contributed by atoms with Crippen molar-refractivity contribution >= 4 is 11.6 Å². The lowest BCUT2D eigenvalue weighted by Crippen LogP contribution is -2.05. The molecule has 2 aromatic carbocycles. The number of imidazole rings is 1. The van der Waals surface area contributed by atoms with E-state index in [0.717, 1.165) is 5.56 Å². The standard InChI is InChI=1S/C21H13ClFN5O/c22-14-7-5-13(6-8-14)19-10-24-20(29-19)12-28-11-18-17(9-25-28)26-21(27-18)15-3-1-2-4-16(15)23/h1-11H,12H2. The highest BCUT2D eigenvalue weighted by Gasteiger charge is 2.16. The highest BCUT2D eigenvalue weighted by molar-refractivity contribution is 6.30. The zero-order chi connectivity index (χ0) is 19.8. The molecule has 0 saturated heterocycles. The van der Waals surface area contributed by atoms with Crippen LogP contribution in [0.5, 0.6) is 0 Å². The summed E-state index contributed by atoms with van der Waals surface area (Å²) < 4.78 is 21.5. The van der Waals surface area contributed by atoms with Crippen molar-refractivity contribution in [3.63, 3.8) is 0 Å². The van der Waals surface area contributed by atoms with Gasteiger partial charge in [-0.1, -0.05) is 23.7 Å². The maximum Gasteiger partial charge on any atom is 0.216 e. The van der Waals surface area contributed by atoms with Crippen LogP contribution in [-0.2, 0) is 6.54 Å². The van der Waals surface area contributed by atoms with Crippen LogP contribution < -0.4 is 0 Å². The highest BCUT2D eigenvalue weighted by Crippen LogP contribution is 2.26. The number of rotatable bonds is 4. The van der Waals surface area contributed by atoms with Crippen molar-refractivity contribution in [3.8, 4) is 34.1 Å². The number of nitrogens with zero attached hydrogens (tertiary/aromatic N) is 5. The lowest BCUT2D eigenvalue weighted by atomic mass is 10.2. The van der Waals surface area contributed by atoms with Crippen molar-refractivity contribution in [2.45, 2.75) is 6.54 Å². The summed E-state index contributed by atoms with van der Waals surface area (Å²) in [6, 6.07) is 13.7. The first-order valence-electron chi connectivity index (χ1n) is 8.81. The van der Waals surface area contributed by atoms with E-state index in [0.29, 0.717) is 46.0 Å². The van der Waals surface area contributed by atoms with E-state index in [4.69, 9.17) is 16.0 Å². The molecule has 6 nitrogen and oxygen atoms in total. The predicted molar refractivity (Wildman–Crippen MR) is 106 cm³/mol. The molecule has 29 heavy (non-hydrogen) atoms. The smallest absolute Gasteiger partial charge is 0.216 e. The maximum atomic E-state index is 14.0. The van der Waals surface area contributed by atoms with E-state index in [1.165, 1.54) is 6.07 Å². The Balaban J connectivity index is 1.41. The fraction of sp³-hybridized carbons (Fsp3) is 0.0476. The van der Waals surface area contributed by atoms with Gasteiger partial charge in [0.05, 0.1) is 24.2 Å². The fourth-order valence-corrected chi connectivity index (χ4v) is 3.11. The van der Waals surface area contributed by atoms with Gasteiger partial charge in [-0.15, -0.1) is 0 Å². The van der Waals surface area contributed by atoms with Gasteiger partial charge in [-0.2, -0.15) is 5.10 Å². The van der Waals surface area contributed by atoms with Crippen LogP contribution in [0.3, 0.4) is 0 Å². The Hall–Kier alpha value is -3.58. The SMILES string of the molecule is Fc1ccccc1-c1nc2cnn(Cc3ncc(-c4ccc(Cl)cc4)o3)cc-2n1. The molecular weight excluding hydrogens is 393 g/mol. The Morgan fingerprint density at radius 1 is 0.966 bits per heavy atom. The third-order valence-electron chi connectivity index (χ3n) is 4.41. The second-order valence-electron chi connectivity index (χ2n) is 6.39. The average Bonchev–Trinajstić information content (AvgIpc) is 3.35. The first-order valence-corrected chi connectivity index (χ1v) is 9.19. The molecule has 0 aliphatic carbocycles. The number of fused-ring (bicyclic) bond motifs is 1. The van der Waals surface area contributed by atoms with Crippen LogP contribution in [0.2, 0.25) is 5.02 Å². The van der Waals surface area contributed by atoms with Gasteiger partial charge in [0, 0.05) is 10.6 Å². The summed E-state index contributed by atoms with van der Waals surface area (Å²) in [4.78, 5) is 13.1. The lowest BCUT2D eigenvalue weighted by molar-refractivity contribution is 0.471. The van der Waals surface area contributed by atoms with Crippen LogP contribution in [0.15, 0.2) is 71.5 Å². The molecule has 0 bridgehead atoms. The Labute approximate surface area is 170 Å². The zero-order valence-corrected chi connectivity index (χ0v) is 15.7.